The van der Waals surface area contributed by atoms with Crippen molar-refractivity contribution in [3.8, 4) is 0 Å². The summed E-state index contributed by atoms with van der Waals surface area (Å²) in [6.45, 7) is 2.39. The Balaban J connectivity index is 3.11. The van der Waals surface area contributed by atoms with Crippen LogP contribution < -0.4 is 11.1 Å². The van der Waals surface area contributed by atoms with Crippen molar-refractivity contribution in [3.63, 3.8) is 0 Å². The third-order valence-corrected chi connectivity index (χ3v) is 1.29. The van der Waals surface area contributed by atoms with Gasteiger partial charge in [0.1, 0.15) is 0 Å². The molecular formula is C6H14N2O2. The molecule has 0 aromatic heterocycles. The number of carbonyl (C=O) groups is 1. The lowest BCUT2D eigenvalue weighted by atomic mass is 10.2. The predicted molar refractivity (Wildman–Crippen MR) is 38.7 cm³/mol. The first-order valence-corrected chi connectivity index (χ1v) is 3.26. The molecule has 4 heteroatoms. The van der Waals surface area contributed by atoms with Crippen LogP contribution in [0.1, 0.15) is 13.3 Å². The van der Waals surface area contributed by atoms with Gasteiger partial charge >= 0.3 is 6.09 Å². The Labute approximate surface area is 60.7 Å². The van der Waals surface area contributed by atoms with Crippen LogP contribution in [0.15, 0.2) is 0 Å². The van der Waals surface area contributed by atoms with Crippen molar-refractivity contribution in [3.05, 3.63) is 0 Å². The van der Waals surface area contributed by atoms with E-state index in [9.17, 15) is 4.79 Å². The summed E-state index contributed by atoms with van der Waals surface area (Å²) in [7, 11) is 1.86. The number of rotatable bonds is 4. The monoisotopic (exact) mass is 146 g/mol. The molecule has 3 N–H and O–H groups in total. The van der Waals surface area contributed by atoms with Crippen LogP contribution in [-0.2, 0) is 4.74 Å². The van der Waals surface area contributed by atoms with E-state index in [0.717, 1.165) is 6.42 Å². The van der Waals surface area contributed by atoms with Gasteiger partial charge in [0, 0.05) is 6.04 Å². The van der Waals surface area contributed by atoms with Crippen LogP contribution in [0.5, 0.6) is 0 Å². The second-order valence-corrected chi connectivity index (χ2v) is 2.15. The number of carbonyl (C=O) groups excluding carboxylic acids is 1. The standard InChI is InChI=1S/C6H14N2O2/c1-5(8-2)3-4-10-6(7)9/h5,8H,3-4H2,1-2H3,(H2,7,9). The summed E-state index contributed by atoms with van der Waals surface area (Å²) in [6, 6.07) is 0.361. The second-order valence-electron chi connectivity index (χ2n) is 2.15. The van der Waals surface area contributed by atoms with E-state index >= 15 is 0 Å². The first-order valence-electron chi connectivity index (χ1n) is 3.26. The normalized spacial score (nSPS) is 12.6. The minimum absolute atomic E-state index is 0.361. The number of nitrogens with one attached hydrogen (secondary N) is 1. The Morgan fingerprint density at radius 1 is 1.80 bits per heavy atom. The fraction of sp³-hybridized carbons (Fsp3) is 0.833. The van der Waals surface area contributed by atoms with Gasteiger partial charge in [-0.05, 0) is 20.4 Å². The Morgan fingerprint density at radius 3 is 2.80 bits per heavy atom. The van der Waals surface area contributed by atoms with Gasteiger partial charge in [0.25, 0.3) is 0 Å². The Kier molecular flexibility index (Phi) is 4.66. The molecule has 0 rings (SSSR count). The third-order valence-electron chi connectivity index (χ3n) is 1.29. The van der Waals surface area contributed by atoms with E-state index in [0.29, 0.717) is 12.6 Å². The largest absolute Gasteiger partial charge is 0.450 e. The topological polar surface area (TPSA) is 64.3 Å². The average Bonchev–Trinajstić information content (AvgIpc) is 1.87. The van der Waals surface area contributed by atoms with Crippen LogP contribution in [0.3, 0.4) is 0 Å². The van der Waals surface area contributed by atoms with Gasteiger partial charge < -0.3 is 15.8 Å². The molecule has 1 unspecified atom stereocenters. The molecule has 0 aromatic carbocycles. The van der Waals surface area contributed by atoms with Crippen molar-refractivity contribution in [2.75, 3.05) is 13.7 Å². The summed E-state index contributed by atoms with van der Waals surface area (Å²) in [4.78, 5) is 10.0. The fourth-order valence-corrected chi connectivity index (χ4v) is 0.481. The van der Waals surface area contributed by atoms with Gasteiger partial charge in [-0.2, -0.15) is 0 Å². The molecule has 60 valence electrons. The molecule has 0 bridgehead atoms. The highest BCUT2D eigenvalue weighted by atomic mass is 16.5. The molecule has 0 spiro atoms. The van der Waals surface area contributed by atoms with E-state index in [1.54, 1.807) is 0 Å². The van der Waals surface area contributed by atoms with Crippen LogP contribution in [0.4, 0.5) is 4.79 Å². The van der Waals surface area contributed by atoms with Crippen LogP contribution in [0.2, 0.25) is 0 Å². The van der Waals surface area contributed by atoms with Crippen molar-refractivity contribution in [2.24, 2.45) is 5.73 Å². The highest BCUT2D eigenvalue weighted by molar-refractivity contribution is 5.64. The summed E-state index contributed by atoms with van der Waals surface area (Å²) in [5, 5.41) is 3.01. The SMILES string of the molecule is CNC(C)CCOC(N)=O. The Hall–Kier alpha value is -0.770. The van der Waals surface area contributed by atoms with Gasteiger partial charge in [-0.15, -0.1) is 0 Å². The van der Waals surface area contributed by atoms with Crippen molar-refractivity contribution >= 4 is 6.09 Å². The molecule has 0 aliphatic heterocycles. The van der Waals surface area contributed by atoms with Gasteiger partial charge in [0.05, 0.1) is 6.61 Å². The lowest BCUT2D eigenvalue weighted by molar-refractivity contribution is 0.152. The number of ether oxygens (including phenoxy) is 1. The molecule has 0 aromatic rings. The maximum Gasteiger partial charge on any atom is 0.404 e. The van der Waals surface area contributed by atoms with E-state index in [1.165, 1.54) is 0 Å². The maximum absolute atomic E-state index is 10.0. The van der Waals surface area contributed by atoms with E-state index < -0.39 is 6.09 Å². The van der Waals surface area contributed by atoms with Gasteiger partial charge in [0.2, 0.25) is 0 Å². The molecule has 1 amide bonds. The minimum atomic E-state index is -0.705. The fourth-order valence-electron chi connectivity index (χ4n) is 0.481. The molecular weight excluding hydrogens is 132 g/mol. The Morgan fingerprint density at radius 2 is 2.40 bits per heavy atom. The predicted octanol–water partition coefficient (Wildman–Crippen LogP) is 0.0797. The maximum atomic E-state index is 10.0. The Bertz CT molecular complexity index is 106. The number of nitrogens with two attached hydrogens (primary N) is 1. The van der Waals surface area contributed by atoms with Gasteiger partial charge in [-0.1, -0.05) is 0 Å². The number of hydrogen-bond acceptors (Lipinski definition) is 3. The van der Waals surface area contributed by atoms with Gasteiger partial charge in [-0.3, -0.25) is 0 Å². The zero-order valence-corrected chi connectivity index (χ0v) is 6.39. The molecule has 0 saturated heterocycles. The number of amides is 1. The smallest absolute Gasteiger partial charge is 0.404 e. The zero-order chi connectivity index (χ0) is 7.98. The van der Waals surface area contributed by atoms with Crippen LogP contribution >= 0.6 is 0 Å². The molecule has 1 atom stereocenters. The molecule has 4 nitrogen and oxygen atoms in total. The summed E-state index contributed by atoms with van der Waals surface area (Å²) < 4.78 is 4.51. The second kappa shape index (κ2) is 5.05. The molecule has 0 aliphatic rings. The van der Waals surface area contributed by atoms with Crippen molar-refractivity contribution in [2.45, 2.75) is 19.4 Å². The first kappa shape index (κ1) is 9.23. The van der Waals surface area contributed by atoms with Crippen LogP contribution in [0, 0.1) is 0 Å². The molecule has 0 radical (unpaired) electrons. The van der Waals surface area contributed by atoms with Gasteiger partial charge in [-0.25, -0.2) is 4.79 Å². The lowest BCUT2D eigenvalue weighted by Crippen LogP contribution is -2.24. The number of hydrogen-bond donors (Lipinski definition) is 2. The average molecular weight is 146 g/mol. The molecule has 0 heterocycles. The summed E-state index contributed by atoms with van der Waals surface area (Å²) in [5.74, 6) is 0. The summed E-state index contributed by atoms with van der Waals surface area (Å²) in [5.41, 5.74) is 4.74. The lowest BCUT2D eigenvalue weighted by Gasteiger charge is -2.08. The van der Waals surface area contributed by atoms with Crippen LogP contribution in [0.25, 0.3) is 0 Å². The zero-order valence-electron chi connectivity index (χ0n) is 6.39. The molecule has 0 saturated carbocycles. The molecule has 10 heavy (non-hydrogen) atoms. The van der Waals surface area contributed by atoms with Crippen molar-refractivity contribution < 1.29 is 9.53 Å². The van der Waals surface area contributed by atoms with E-state index in [-0.39, 0.29) is 0 Å². The molecule has 0 fully saturated rings. The van der Waals surface area contributed by atoms with E-state index in [4.69, 9.17) is 5.73 Å². The number of primary amides is 1. The first-order chi connectivity index (χ1) is 4.66. The van der Waals surface area contributed by atoms with Crippen molar-refractivity contribution in [1.82, 2.24) is 5.32 Å². The summed E-state index contributed by atoms with van der Waals surface area (Å²) in [6.07, 6.45) is 0.0858. The van der Waals surface area contributed by atoms with Crippen molar-refractivity contribution in [1.29, 1.82) is 0 Å². The van der Waals surface area contributed by atoms with E-state index in [1.807, 2.05) is 14.0 Å². The highest BCUT2D eigenvalue weighted by Gasteiger charge is 1.98. The minimum Gasteiger partial charge on any atom is -0.450 e. The highest BCUT2D eigenvalue weighted by Crippen LogP contribution is 1.89. The third kappa shape index (κ3) is 5.37. The summed E-state index contributed by atoms with van der Waals surface area (Å²) >= 11 is 0. The van der Waals surface area contributed by atoms with E-state index in [2.05, 4.69) is 10.1 Å². The van der Waals surface area contributed by atoms with Gasteiger partial charge in [0.15, 0.2) is 0 Å². The molecule has 0 aliphatic carbocycles. The van der Waals surface area contributed by atoms with Crippen LogP contribution in [-0.4, -0.2) is 25.8 Å². The quantitative estimate of drug-likeness (QED) is 0.590.